The topological polar surface area (TPSA) is 23.2 Å². The molecule has 5 aromatic rings. The van der Waals surface area contributed by atoms with Gasteiger partial charge in [-0.25, -0.2) is 4.99 Å². The van der Waals surface area contributed by atoms with Gasteiger partial charge in [-0.2, -0.15) is 0 Å². The molecule has 0 aromatic heterocycles. The van der Waals surface area contributed by atoms with E-state index in [-0.39, 0.29) is 12.0 Å². The zero-order valence-electron chi connectivity index (χ0n) is 20.0. The van der Waals surface area contributed by atoms with Crippen molar-refractivity contribution in [1.82, 2.24) is 0 Å². The van der Waals surface area contributed by atoms with E-state index in [0.717, 1.165) is 27.9 Å². The number of fused-ring (bicyclic) bond motifs is 1. The van der Waals surface area contributed by atoms with Gasteiger partial charge in [0.15, 0.2) is 6.21 Å². The number of nitrogens with one attached hydrogen (secondary N) is 1. The summed E-state index contributed by atoms with van der Waals surface area (Å²) in [5.74, 6) is 0.0408. The maximum atomic E-state index is 7.55. The van der Waals surface area contributed by atoms with Gasteiger partial charge in [0.1, 0.15) is 11.7 Å². The van der Waals surface area contributed by atoms with E-state index in [4.69, 9.17) is 4.74 Å². The molecule has 1 heterocycles. The van der Waals surface area contributed by atoms with Crippen LogP contribution >= 0.6 is 0 Å². The van der Waals surface area contributed by atoms with Crippen molar-refractivity contribution in [2.75, 3.05) is 0 Å². The third-order valence-corrected chi connectivity index (χ3v) is 7.04. The summed E-state index contributed by atoms with van der Waals surface area (Å²) in [5, 5.41) is 0. The Labute approximate surface area is 212 Å². The van der Waals surface area contributed by atoms with Crippen LogP contribution in [-0.2, 0) is 10.3 Å². The van der Waals surface area contributed by atoms with E-state index in [9.17, 15) is 0 Å². The third kappa shape index (κ3) is 3.96. The van der Waals surface area contributed by atoms with Gasteiger partial charge in [-0.15, -0.1) is 0 Å². The number of ether oxygens (including phenoxy) is 1. The van der Waals surface area contributed by atoms with Gasteiger partial charge in [0, 0.05) is 11.6 Å². The fourth-order valence-corrected chi connectivity index (χ4v) is 5.34. The molecule has 0 bridgehead atoms. The fraction of sp³-hybridized carbons (Fsp3) is 0.0882. The summed E-state index contributed by atoms with van der Waals surface area (Å²) in [6.07, 6.45) is 1.94. The van der Waals surface area contributed by atoms with Gasteiger partial charge >= 0.3 is 0 Å². The molecule has 1 N–H and O–H groups in total. The van der Waals surface area contributed by atoms with Crippen LogP contribution in [0.5, 0.6) is 0 Å². The van der Waals surface area contributed by atoms with Gasteiger partial charge in [0.05, 0.1) is 5.92 Å². The van der Waals surface area contributed by atoms with Crippen LogP contribution < -0.4 is 4.99 Å². The summed E-state index contributed by atoms with van der Waals surface area (Å²) < 4.78 is 7.55. The van der Waals surface area contributed by atoms with Gasteiger partial charge in [-0.05, 0) is 22.3 Å². The van der Waals surface area contributed by atoms with Crippen LogP contribution in [0.2, 0.25) is 0 Å². The Morgan fingerprint density at radius 3 is 1.50 bits per heavy atom. The first-order valence-electron chi connectivity index (χ1n) is 12.4. The molecule has 2 nitrogen and oxygen atoms in total. The van der Waals surface area contributed by atoms with E-state index < -0.39 is 5.60 Å². The van der Waals surface area contributed by atoms with Crippen molar-refractivity contribution in [2.24, 2.45) is 0 Å². The zero-order valence-corrected chi connectivity index (χ0v) is 20.0. The molecule has 0 saturated carbocycles. The molecule has 0 radical (unpaired) electrons. The molecule has 0 spiro atoms. The molecule has 36 heavy (non-hydrogen) atoms. The van der Waals surface area contributed by atoms with E-state index in [0.29, 0.717) is 0 Å². The van der Waals surface area contributed by atoms with Gasteiger partial charge in [0.25, 0.3) is 0 Å². The maximum Gasteiger partial charge on any atom is 0.207 e. The molecule has 0 fully saturated rings. The summed E-state index contributed by atoms with van der Waals surface area (Å²) in [7, 11) is 0. The molecule has 0 saturated heterocycles. The Hall–Kier alpha value is -4.27. The van der Waals surface area contributed by atoms with E-state index in [1.165, 1.54) is 5.56 Å². The standard InChI is InChI=1S/C34H27NO/c1-5-15-26(16-6-1)33(31-25-35-32-24-14-13-23-30(31)32)36-34(27-17-7-2-8-18-27,28-19-9-3-10-20-28)29-21-11-4-12-22-29/h1-25,31,33H/p+1. The highest BCUT2D eigenvalue weighted by Crippen LogP contribution is 2.47. The number of hydrogen-bond donors (Lipinski definition) is 1. The van der Waals surface area contributed by atoms with Crippen LogP contribution in [0.4, 0.5) is 5.69 Å². The van der Waals surface area contributed by atoms with Crippen LogP contribution in [0.15, 0.2) is 146 Å². The molecule has 5 aromatic carbocycles. The second kappa shape index (κ2) is 9.77. The number of benzene rings is 5. The van der Waals surface area contributed by atoms with Crippen molar-refractivity contribution in [3.63, 3.8) is 0 Å². The fourth-order valence-electron chi connectivity index (χ4n) is 5.34. The Morgan fingerprint density at radius 1 is 0.528 bits per heavy atom. The minimum absolute atomic E-state index is 0.0408. The van der Waals surface area contributed by atoms with Crippen molar-refractivity contribution < 1.29 is 9.73 Å². The average molecular weight is 467 g/mol. The summed E-state index contributed by atoms with van der Waals surface area (Å²) in [5.41, 5.74) is 6.01. The first-order chi connectivity index (χ1) is 17.9. The minimum Gasteiger partial charge on any atom is -0.352 e. The van der Waals surface area contributed by atoms with Crippen LogP contribution in [0.25, 0.3) is 0 Å². The lowest BCUT2D eigenvalue weighted by Gasteiger charge is -2.40. The van der Waals surface area contributed by atoms with Gasteiger partial charge < -0.3 is 4.74 Å². The monoisotopic (exact) mass is 466 g/mol. The first-order valence-corrected chi connectivity index (χ1v) is 12.4. The summed E-state index contributed by atoms with van der Waals surface area (Å²) in [4.78, 5) is 3.50. The number of para-hydroxylation sites is 1. The Morgan fingerprint density at radius 2 is 0.972 bits per heavy atom. The van der Waals surface area contributed by atoms with Crippen LogP contribution in [-0.4, -0.2) is 6.21 Å². The molecular formula is C34H28NO+. The molecule has 0 amide bonds. The van der Waals surface area contributed by atoms with Crippen molar-refractivity contribution in [2.45, 2.75) is 17.6 Å². The minimum atomic E-state index is -0.810. The SMILES string of the molecule is C1=[NH+]c2ccccc2C1C(OC(c1ccccc1)(c1ccccc1)c1ccccc1)c1ccccc1. The Balaban J connectivity index is 1.60. The summed E-state index contributed by atoms with van der Waals surface area (Å²) in [6.45, 7) is 0. The molecule has 2 atom stereocenters. The molecule has 0 aliphatic carbocycles. The molecule has 1 aliphatic rings. The maximum absolute atomic E-state index is 7.55. The lowest BCUT2D eigenvalue weighted by Crippen LogP contribution is -2.59. The van der Waals surface area contributed by atoms with Gasteiger partial charge in [0.2, 0.25) is 5.69 Å². The number of rotatable bonds is 7. The molecule has 6 rings (SSSR count). The lowest BCUT2D eigenvalue weighted by atomic mass is 9.79. The molecule has 174 valence electrons. The lowest BCUT2D eigenvalue weighted by molar-refractivity contribution is -0.344. The smallest absolute Gasteiger partial charge is 0.207 e. The normalized spacial score (nSPS) is 15.4. The quantitative estimate of drug-likeness (QED) is 0.279. The van der Waals surface area contributed by atoms with Crippen LogP contribution in [0.1, 0.15) is 39.8 Å². The molecule has 2 unspecified atom stereocenters. The zero-order chi connectivity index (χ0) is 24.2. The van der Waals surface area contributed by atoms with Crippen LogP contribution in [0, 0.1) is 0 Å². The second-order valence-electron chi connectivity index (χ2n) is 9.15. The summed E-state index contributed by atoms with van der Waals surface area (Å²) in [6, 6.07) is 50.9. The van der Waals surface area contributed by atoms with E-state index in [2.05, 4.69) is 157 Å². The predicted molar refractivity (Wildman–Crippen MR) is 145 cm³/mol. The van der Waals surface area contributed by atoms with Crippen molar-refractivity contribution in [3.05, 3.63) is 173 Å². The van der Waals surface area contributed by atoms with Gasteiger partial charge in [-0.1, -0.05) is 140 Å². The molecule has 2 heteroatoms. The van der Waals surface area contributed by atoms with E-state index in [1.54, 1.807) is 0 Å². The third-order valence-electron chi connectivity index (χ3n) is 7.04. The first kappa shape index (κ1) is 22.2. The van der Waals surface area contributed by atoms with Crippen molar-refractivity contribution in [1.29, 1.82) is 0 Å². The molecule has 1 aliphatic heterocycles. The van der Waals surface area contributed by atoms with Crippen molar-refractivity contribution >= 4 is 11.9 Å². The Kier molecular flexibility index (Phi) is 6.03. The van der Waals surface area contributed by atoms with Gasteiger partial charge in [-0.3, -0.25) is 0 Å². The average Bonchev–Trinajstić information content (AvgIpc) is 3.40. The van der Waals surface area contributed by atoms with Crippen LogP contribution in [0.3, 0.4) is 0 Å². The van der Waals surface area contributed by atoms with E-state index >= 15 is 0 Å². The Bertz CT molecular complexity index is 1350. The highest BCUT2D eigenvalue weighted by Gasteiger charge is 2.44. The number of hydrogen-bond acceptors (Lipinski definition) is 1. The predicted octanol–water partition coefficient (Wildman–Crippen LogP) is 6.32. The highest BCUT2D eigenvalue weighted by molar-refractivity contribution is 5.72. The largest absolute Gasteiger partial charge is 0.352 e. The van der Waals surface area contributed by atoms with Crippen molar-refractivity contribution in [3.8, 4) is 0 Å². The molecular weight excluding hydrogens is 438 g/mol. The van der Waals surface area contributed by atoms with E-state index in [1.807, 2.05) is 0 Å². The second-order valence-corrected chi connectivity index (χ2v) is 9.15. The summed E-state index contributed by atoms with van der Waals surface area (Å²) >= 11 is 0. The highest BCUT2D eigenvalue weighted by atomic mass is 16.5.